The molecule has 0 saturated heterocycles. The SMILES string of the molecule is CCCC([C]=O)c1ccccc1C(=O)c1ccccc1. The highest BCUT2D eigenvalue weighted by atomic mass is 16.1. The number of hydrogen-bond acceptors (Lipinski definition) is 2. The van der Waals surface area contributed by atoms with Crippen molar-refractivity contribution in [3.05, 3.63) is 71.3 Å². The van der Waals surface area contributed by atoms with E-state index in [0.717, 1.165) is 12.0 Å². The van der Waals surface area contributed by atoms with Gasteiger partial charge >= 0.3 is 0 Å². The van der Waals surface area contributed by atoms with E-state index in [-0.39, 0.29) is 11.7 Å². The third kappa shape index (κ3) is 3.02. The third-order valence-corrected chi connectivity index (χ3v) is 3.34. The molecule has 0 aromatic heterocycles. The highest BCUT2D eigenvalue weighted by molar-refractivity contribution is 6.10. The first-order chi connectivity index (χ1) is 9.77. The van der Waals surface area contributed by atoms with Gasteiger partial charge in [0, 0.05) is 11.1 Å². The summed E-state index contributed by atoms with van der Waals surface area (Å²) in [5.74, 6) is -0.374. The summed E-state index contributed by atoms with van der Waals surface area (Å²) in [4.78, 5) is 23.7. The van der Waals surface area contributed by atoms with Crippen molar-refractivity contribution in [1.82, 2.24) is 0 Å². The molecule has 0 aliphatic rings. The summed E-state index contributed by atoms with van der Waals surface area (Å²) in [6.45, 7) is 2.02. The van der Waals surface area contributed by atoms with Crippen molar-refractivity contribution in [1.29, 1.82) is 0 Å². The van der Waals surface area contributed by atoms with E-state index in [2.05, 4.69) is 6.29 Å². The standard InChI is InChI=1S/C18H17O2/c1-2-8-15(13-19)16-11-6-7-12-17(16)18(20)14-9-4-3-5-10-14/h3-7,9-12,15H,2,8H2,1H3. The first-order valence-corrected chi connectivity index (χ1v) is 6.84. The number of carbonyl (C=O) groups is 1. The van der Waals surface area contributed by atoms with Gasteiger partial charge in [0.25, 0.3) is 0 Å². The number of rotatable bonds is 6. The number of ketones is 1. The Hall–Kier alpha value is -2.22. The van der Waals surface area contributed by atoms with E-state index in [1.165, 1.54) is 0 Å². The average molecular weight is 265 g/mol. The molecule has 1 radical (unpaired) electrons. The maximum Gasteiger partial charge on any atom is 0.206 e. The predicted octanol–water partition coefficient (Wildman–Crippen LogP) is 3.91. The van der Waals surface area contributed by atoms with Gasteiger partial charge in [-0.3, -0.25) is 9.59 Å². The number of carbonyl (C=O) groups excluding carboxylic acids is 2. The molecule has 2 heteroatoms. The lowest BCUT2D eigenvalue weighted by Crippen LogP contribution is -2.10. The summed E-state index contributed by atoms with van der Waals surface area (Å²) >= 11 is 0. The maximum atomic E-state index is 12.6. The summed E-state index contributed by atoms with van der Waals surface area (Å²) < 4.78 is 0. The first-order valence-electron chi connectivity index (χ1n) is 6.84. The molecule has 2 nitrogen and oxygen atoms in total. The Bertz CT molecular complexity index is 587. The lowest BCUT2D eigenvalue weighted by Gasteiger charge is -2.13. The van der Waals surface area contributed by atoms with Crippen LogP contribution in [0.3, 0.4) is 0 Å². The van der Waals surface area contributed by atoms with Crippen LogP contribution >= 0.6 is 0 Å². The van der Waals surface area contributed by atoms with Crippen LogP contribution in [0, 0.1) is 0 Å². The Morgan fingerprint density at radius 2 is 1.70 bits per heavy atom. The highest BCUT2D eigenvalue weighted by Crippen LogP contribution is 2.25. The zero-order valence-electron chi connectivity index (χ0n) is 11.5. The van der Waals surface area contributed by atoms with Crippen LogP contribution < -0.4 is 0 Å². The van der Waals surface area contributed by atoms with Crippen molar-refractivity contribution < 1.29 is 9.59 Å². The molecular formula is C18H17O2. The molecule has 0 bridgehead atoms. The molecule has 0 saturated carbocycles. The molecule has 1 atom stereocenters. The van der Waals surface area contributed by atoms with Gasteiger partial charge in [0.2, 0.25) is 6.29 Å². The molecule has 2 aromatic carbocycles. The lowest BCUT2D eigenvalue weighted by atomic mass is 9.88. The van der Waals surface area contributed by atoms with E-state index in [4.69, 9.17) is 0 Å². The molecule has 0 heterocycles. The fraction of sp³-hybridized carbons (Fsp3) is 0.222. The fourth-order valence-electron chi connectivity index (χ4n) is 2.32. The molecule has 2 rings (SSSR count). The van der Waals surface area contributed by atoms with E-state index in [1.54, 1.807) is 18.2 Å². The van der Waals surface area contributed by atoms with E-state index in [1.807, 2.05) is 43.3 Å². The van der Waals surface area contributed by atoms with E-state index < -0.39 is 0 Å². The van der Waals surface area contributed by atoms with Crippen molar-refractivity contribution in [2.24, 2.45) is 0 Å². The number of hydrogen-bond donors (Lipinski definition) is 0. The van der Waals surface area contributed by atoms with Gasteiger partial charge in [-0.15, -0.1) is 0 Å². The second-order valence-electron chi connectivity index (χ2n) is 4.74. The fourth-order valence-corrected chi connectivity index (χ4v) is 2.32. The van der Waals surface area contributed by atoms with Gasteiger partial charge in [-0.05, 0) is 12.0 Å². The molecule has 0 spiro atoms. The third-order valence-electron chi connectivity index (χ3n) is 3.34. The van der Waals surface area contributed by atoms with Crippen molar-refractivity contribution >= 4 is 12.1 Å². The van der Waals surface area contributed by atoms with Gasteiger partial charge in [0.1, 0.15) is 0 Å². The van der Waals surface area contributed by atoms with Crippen LogP contribution in [0.4, 0.5) is 0 Å². The summed E-state index contributed by atoms with van der Waals surface area (Å²) in [5, 5.41) is 0. The van der Waals surface area contributed by atoms with Crippen LogP contribution in [0.1, 0.15) is 47.2 Å². The minimum Gasteiger partial charge on any atom is -0.290 e. The van der Waals surface area contributed by atoms with Crippen LogP contribution in [0.25, 0.3) is 0 Å². The highest BCUT2D eigenvalue weighted by Gasteiger charge is 2.19. The van der Waals surface area contributed by atoms with Gasteiger partial charge in [-0.25, -0.2) is 0 Å². The summed E-state index contributed by atoms with van der Waals surface area (Å²) in [5.41, 5.74) is 2.01. The van der Waals surface area contributed by atoms with E-state index >= 15 is 0 Å². The van der Waals surface area contributed by atoms with Crippen molar-refractivity contribution in [2.75, 3.05) is 0 Å². The predicted molar refractivity (Wildman–Crippen MR) is 79.7 cm³/mol. The number of benzene rings is 2. The van der Waals surface area contributed by atoms with Gasteiger partial charge in [-0.2, -0.15) is 0 Å². The van der Waals surface area contributed by atoms with Gasteiger partial charge in [0.15, 0.2) is 5.78 Å². The Morgan fingerprint density at radius 3 is 2.35 bits per heavy atom. The molecule has 0 amide bonds. The van der Waals surface area contributed by atoms with Crippen LogP contribution in [-0.2, 0) is 4.79 Å². The second-order valence-corrected chi connectivity index (χ2v) is 4.74. The lowest BCUT2D eigenvalue weighted by molar-refractivity contribution is 0.103. The summed E-state index contributed by atoms with van der Waals surface area (Å²) in [6, 6.07) is 16.5. The first kappa shape index (κ1) is 14.2. The molecule has 0 aliphatic carbocycles. The van der Waals surface area contributed by atoms with Gasteiger partial charge in [-0.1, -0.05) is 67.9 Å². The van der Waals surface area contributed by atoms with Gasteiger partial charge < -0.3 is 0 Å². The Kier molecular flexibility index (Phi) is 4.83. The normalized spacial score (nSPS) is 11.8. The van der Waals surface area contributed by atoms with Crippen LogP contribution in [-0.4, -0.2) is 12.1 Å². The van der Waals surface area contributed by atoms with Crippen LogP contribution in [0.2, 0.25) is 0 Å². The minimum absolute atomic E-state index is 0.0439. The largest absolute Gasteiger partial charge is 0.290 e. The molecule has 1 unspecified atom stereocenters. The molecule has 20 heavy (non-hydrogen) atoms. The van der Waals surface area contributed by atoms with Crippen LogP contribution in [0.15, 0.2) is 54.6 Å². The molecular weight excluding hydrogens is 248 g/mol. The topological polar surface area (TPSA) is 34.1 Å². The van der Waals surface area contributed by atoms with Gasteiger partial charge in [0.05, 0.1) is 5.92 Å². The van der Waals surface area contributed by atoms with Crippen molar-refractivity contribution in [2.45, 2.75) is 25.7 Å². The molecule has 0 aliphatic heterocycles. The summed E-state index contributed by atoms with van der Waals surface area (Å²) in [6.07, 6.45) is 3.66. The molecule has 0 N–H and O–H groups in total. The van der Waals surface area contributed by atoms with E-state index in [9.17, 15) is 9.59 Å². The molecule has 0 fully saturated rings. The smallest absolute Gasteiger partial charge is 0.206 e. The maximum absolute atomic E-state index is 12.6. The summed E-state index contributed by atoms with van der Waals surface area (Å²) in [7, 11) is 0. The monoisotopic (exact) mass is 265 g/mol. The average Bonchev–Trinajstić information content (AvgIpc) is 2.53. The zero-order chi connectivity index (χ0) is 14.4. The van der Waals surface area contributed by atoms with Crippen molar-refractivity contribution in [3.63, 3.8) is 0 Å². The van der Waals surface area contributed by atoms with Crippen LogP contribution in [0.5, 0.6) is 0 Å². The Morgan fingerprint density at radius 1 is 1.05 bits per heavy atom. The minimum atomic E-state index is -0.330. The van der Waals surface area contributed by atoms with E-state index in [0.29, 0.717) is 17.5 Å². The Labute approximate surface area is 119 Å². The zero-order valence-corrected chi connectivity index (χ0v) is 11.5. The Balaban J connectivity index is 2.42. The second kappa shape index (κ2) is 6.80. The quantitative estimate of drug-likeness (QED) is 0.742. The molecule has 101 valence electrons. The molecule has 2 aromatic rings. The van der Waals surface area contributed by atoms with Crippen molar-refractivity contribution in [3.8, 4) is 0 Å².